The molecule has 0 aliphatic carbocycles. The second kappa shape index (κ2) is 13.1. The molecular formula is C24H29BrCl2N2O3. The Morgan fingerprint density at radius 2 is 1.81 bits per heavy atom. The van der Waals surface area contributed by atoms with Gasteiger partial charge in [-0.25, -0.2) is 0 Å². The average molecular weight is 544 g/mol. The Morgan fingerprint density at radius 3 is 2.38 bits per heavy atom. The molecule has 0 aromatic heterocycles. The van der Waals surface area contributed by atoms with Gasteiger partial charge < -0.3 is 15.0 Å². The van der Waals surface area contributed by atoms with Gasteiger partial charge in [0.2, 0.25) is 5.91 Å². The van der Waals surface area contributed by atoms with Crippen LogP contribution in [0.5, 0.6) is 5.75 Å². The maximum atomic E-state index is 13.3. The van der Waals surface area contributed by atoms with E-state index in [0.29, 0.717) is 34.3 Å². The zero-order valence-electron chi connectivity index (χ0n) is 18.6. The van der Waals surface area contributed by atoms with Crippen molar-refractivity contribution in [3.05, 3.63) is 62.0 Å². The van der Waals surface area contributed by atoms with Crippen LogP contribution in [0.25, 0.3) is 0 Å². The summed E-state index contributed by atoms with van der Waals surface area (Å²) in [5.74, 6) is 0.0278. The fourth-order valence-corrected chi connectivity index (χ4v) is 4.30. The largest absolute Gasteiger partial charge is 0.483 e. The number of amides is 2. The van der Waals surface area contributed by atoms with Crippen LogP contribution in [0.2, 0.25) is 10.0 Å². The summed E-state index contributed by atoms with van der Waals surface area (Å²) in [6.45, 7) is 6.34. The highest BCUT2D eigenvalue weighted by Gasteiger charge is 2.30. The van der Waals surface area contributed by atoms with E-state index >= 15 is 0 Å². The van der Waals surface area contributed by atoms with Crippen LogP contribution in [-0.2, 0) is 22.6 Å². The van der Waals surface area contributed by atoms with Gasteiger partial charge in [0.25, 0.3) is 5.91 Å². The van der Waals surface area contributed by atoms with E-state index in [1.54, 1.807) is 18.2 Å². The molecule has 32 heavy (non-hydrogen) atoms. The summed E-state index contributed by atoms with van der Waals surface area (Å²) in [4.78, 5) is 27.6. The molecule has 174 valence electrons. The van der Waals surface area contributed by atoms with Crippen molar-refractivity contribution in [1.29, 1.82) is 0 Å². The van der Waals surface area contributed by atoms with Crippen molar-refractivity contribution in [2.45, 2.75) is 52.6 Å². The smallest absolute Gasteiger partial charge is 0.261 e. The van der Waals surface area contributed by atoms with Crippen LogP contribution in [0.3, 0.4) is 0 Å². The minimum Gasteiger partial charge on any atom is -0.483 e. The number of hydrogen-bond acceptors (Lipinski definition) is 3. The van der Waals surface area contributed by atoms with Gasteiger partial charge in [-0.15, -0.1) is 0 Å². The first-order chi connectivity index (χ1) is 15.3. The van der Waals surface area contributed by atoms with Crippen LogP contribution in [-0.4, -0.2) is 35.9 Å². The molecule has 2 amide bonds. The third-order valence-corrected chi connectivity index (χ3v) is 6.41. The summed E-state index contributed by atoms with van der Waals surface area (Å²) in [7, 11) is 0. The fraction of sp³-hybridized carbons (Fsp3) is 0.417. The number of aryl methyl sites for hydroxylation is 1. The summed E-state index contributed by atoms with van der Waals surface area (Å²) in [5, 5.41) is 3.77. The highest BCUT2D eigenvalue weighted by Crippen LogP contribution is 2.28. The maximum Gasteiger partial charge on any atom is 0.261 e. The molecule has 5 nitrogen and oxygen atoms in total. The van der Waals surface area contributed by atoms with Crippen LogP contribution in [0, 0.1) is 0 Å². The maximum absolute atomic E-state index is 13.3. The molecule has 0 saturated carbocycles. The van der Waals surface area contributed by atoms with Crippen LogP contribution in [0.1, 0.15) is 44.7 Å². The van der Waals surface area contributed by atoms with Crippen molar-refractivity contribution < 1.29 is 14.3 Å². The van der Waals surface area contributed by atoms with E-state index in [0.717, 1.165) is 22.9 Å². The van der Waals surface area contributed by atoms with Gasteiger partial charge in [-0.2, -0.15) is 0 Å². The number of nitrogens with one attached hydrogen (secondary N) is 1. The normalized spacial score (nSPS) is 11.7. The average Bonchev–Trinajstić information content (AvgIpc) is 2.78. The zero-order valence-corrected chi connectivity index (χ0v) is 21.7. The van der Waals surface area contributed by atoms with Gasteiger partial charge >= 0.3 is 0 Å². The van der Waals surface area contributed by atoms with Crippen molar-refractivity contribution in [1.82, 2.24) is 10.2 Å². The quantitative estimate of drug-likeness (QED) is 0.376. The molecule has 0 fully saturated rings. The molecular weight excluding hydrogens is 515 g/mol. The minimum atomic E-state index is -0.670. The first-order valence-electron chi connectivity index (χ1n) is 10.7. The standard InChI is InChI=1S/C24H29BrCl2N2O3/c1-4-12-28-24(31)21(6-3)29(14-17-19(26)8-7-9-20(17)27)23(30)15-32-22-11-10-16(5-2)13-18(22)25/h7-11,13,21H,4-6,12,14-15H2,1-3H3,(H,28,31)/t21-/m1/s1. The van der Waals surface area contributed by atoms with E-state index in [1.807, 2.05) is 32.0 Å². The molecule has 8 heteroatoms. The lowest BCUT2D eigenvalue weighted by atomic mass is 10.1. The third-order valence-electron chi connectivity index (χ3n) is 5.08. The van der Waals surface area contributed by atoms with E-state index in [4.69, 9.17) is 27.9 Å². The highest BCUT2D eigenvalue weighted by atomic mass is 79.9. The fourth-order valence-electron chi connectivity index (χ4n) is 3.24. The number of hydrogen-bond donors (Lipinski definition) is 1. The summed E-state index contributed by atoms with van der Waals surface area (Å²) in [6, 6.07) is 10.3. The van der Waals surface area contributed by atoms with Gasteiger partial charge in [0.05, 0.1) is 4.47 Å². The lowest BCUT2D eigenvalue weighted by Crippen LogP contribution is -2.50. The molecule has 2 aromatic carbocycles. The molecule has 0 radical (unpaired) electrons. The molecule has 1 atom stereocenters. The zero-order chi connectivity index (χ0) is 23.7. The third kappa shape index (κ3) is 7.12. The van der Waals surface area contributed by atoms with E-state index in [1.165, 1.54) is 4.90 Å². The molecule has 0 aliphatic heterocycles. The Bertz CT molecular complexity index is 919. The van der Waals surface area contributed by atoms with Gasteiger partial charge in [-0.1, -0.05) is 56.1 Å². The van der Waals surface area contributed by atoms with Crippen LogP contribution < -0.4 is 10.1 Å². The van der Waals surface area contributed by atoms with Crippen LogP contribution in [0.4, 0.5) is 0 Å². The summed E-state index contributed by atoms with van der Waals surface area (Å²) >= 11 is 16.2. The Morgan fingerprint density at radius 1 is 1.12 bits per heavy atom. The Hall–Kier alpha value is -1.76. The Kier molecular flexibility index (Phi) is 10.8. The van der Waals surface area contributed by atoms with Gasteiger partial charge in [0, 0.05) is 28.7 Å². The predicted molar refractivity (Wildman–Crippen MR) is 133 cm³/mol. The lowest BCUT2D eigenvalue weighted by molar-refractivity contribution is -0.143. The second-order valence-electron chi connectivity index (χ2n) is 7.34. The number of nitrogens with zero attached hydrogens (tertiary/aromatic N) is 1. The van der Waals surface area contributed by atoms with Crippen molar-refractivity contribution in [2.75, 3.05) is 13.2 Å². The van der Waals surface area contributed by atoms with Gasteiger partial charge in [-0.05, 0) is 65.0 Å². The molecule has 1 N–H and O–H groups in total. The number of rotatable bonds is 11. The molecule has 0 heterocycles. The van der Waals surface area contributed by atoms with E-state index in [9.17, 15) is 9.59 Å². The molecule has 2 aromatic rings. The van der Waals surface area contributed by atoms with Gasteiger partial charge in [0.1, 0.15) is 11.8 Å². The minimum absolute atomic E-state index is 0.106. The summed E-state index contributed by atoms with van der Waals surface area (Å²) < 4.78 is 6.57. The number of ether oxygens (including phenoxy) is 1. The number of carbonyl (C=O) groups is 2. The van der Waals surface area contributed by atoms with Gasteiger partial charge in [0.15, 0.2) is 6.61 Å². The SMILES string of the molecule is CCCNC(=O)[C@@H](CC)N(Cc1c(Cl)cccc1Cl)C(=O)COc1ccc(CC)cc1Br. The van der Waals surface area contributed by atoms with Crippen LogP contribution in [0.15, 0.2) is 40.9 Å². The van der Waals surface area contributed by atoms with Crippen LogP contribution >= 0.6 is 39.1 Å². The first-order valence-corrected chi connectivity index (χ1v) is 12.3. The van der Waals surface area contributed by atoms with E-state index in [2.05, 4.69) is 28.2 Å². The highest BCUT2D eigenvalue weighted by molar-refractivity contribution is 9.10. The summed E-state index contributed by atoms with van der Waals surface area (Å²) in [6.07, 6.45) is 2.14. The van der Waals surface area contributed by atoms with E-state index in [-0.39, 0.29) is 25.0 Å². The molecule has 0 spiro atoms. The van der Waals surface area contributed by atoms with Gasteiger partial charge in [-0.3, -0.25) is 9.59 Å². The van der Waals surface area contributed by atoms with Crippen molar-refractivity contribution >= 4 is 50.9 Å². The Labute approximate surface area is 208 Å². The second-order valence-corrected chi connectivity index (χ2v) is 9.01. The number of halogens is 3. The van der Waals surface area contributed by atoms with E-state index < -0.39 is 6.04 Å². The first kappa shape index (κ1) is 26.5. The predicted octanol–water partition coefficient (Wildman–Crippen LogP) is 6.03. The molecule has 0 aliphatic rings. The molecule has 2 rings (SSSR count). The summed E-state index contributed by atoms with van der Waals surface area (Å²) in [5.41, 5.74) is 1.75. The monoisotopic (exact) mass is 542 g/mol. The van der Waals surface area contributed by atoms with Crippen molar-refractivity contribution in [3.8, 4) is 5.75 Å². The van der Waals surface area contributed by atoms with Crippen molar-refractivity contribution in [3.63, 3.8) is 0 Å². The number of carbonyl (C=O) groups excluding carboxylic acids is 2. The topological polar surface area (TPSA) is 58.6 Å². The molecule has 0 saturated heterocycles. The van der Waals surface area contributed by atoms with Crippen molar-refractivity contribution in [2.24, 2.45) is 0 Å². The molecule has 0 unspecified atom stereocenters. The Balaban J connectivity index is 2.27. The lowest BCUT2D eigenvalue weighted by Gasteiger charge is -2.31. The number of benzene rings is 2. The molecule has 0 bridgehead atoms.